The summed E-state index contributed by atoms with van der Waals surface area (Å²) in [4.78, 5) is 12.8. The van der Waals surface area contributed by atoms with Gasteiger partial charge in [-0.3, -0.25) is 4.79 Å². The van der Waals surface area contributed by atoms with Crippen LogP contribution in [0.15, 0.2) is 18.2 Å². The van der Waals surface area contributed by atoms with Crippen LogP contribution in [0, 0.1) is 29.4 Å². The average molecular weight is 336 g/mol. The molecule has 3 rings (SSSR count). The topological polar surface area (TPSA) is 55.1 Å². The molecule has 0 heterocycles. The molecule has 3 nitrogen and oxygen atoms in total. The number of nitrogens with one attached hydrogen (secondary N) is 1. The summed E-state index contributed by atoms with van der Waals surface area (Å²) in [5.74, 6) is -0.958. The van der Waals surface area contributed by atoms with E-state index in [0.717, 1.165) is 37.8 Å². The van der Waals surface area contributed by atoms with Gasteiger partial charge >= 0.3 is 0 Å². The van der Waals surface area contributed by atoms with E-state index in [1.165, 1.54) is 12.5 Å². The van der Waals surface area contributed by atoms with Crippen LogP contribution in [0.2, 0.25) is 0 Å². The smallest absolute Gasteiger partial charge is 0.223 e. The second kappa shape index (κ2) is 6.43. The Labute approximate surface area is 142 Å². The Morgan fingerprint density at radius 1 is 1.17 bits per heavy atom. The Morgan fingerprint density at radius 2 is 1.79 bits per heavy atom. The van der Waals surface area contributed by atoms with Crippen molar-refractivity contribution in [1.29, 1.82) is 0 Å². The Bertz CT molecular complexity index is 618. The minimum atomic E-state index is -0.895. The van der Waals surface area contributed by atoms with Gasteiger partial charge < -0.3 is 11.1 Å². The van der Waals surface area contributed by atoms with Gasteiger partial charge in [0.25, 0.3) is 0 Å². The lowest BCUT2D eigenvalue weighted by Crippen LogP contribution is -2.51. The number of nitrogens with two attached hydrogens (primary N) is 1. The molecule has 0 radical (unpaired) electrons. The third-order valence-electron chi connectivity index (χ3n) is 5.86. The molecule has 1 aromatic rings. The van der Waals surface area contributed by atoms with E-state index >= 15 is 0 Å². The van der Waals surface area contributed by atoms with E-state index in [9.17, 15) is 13.6 Å². The van der Waals surface area contributed by atoms with E-state index in [1.54, 1.807) is 0 Å². The zero-order valence-electron chi connectivity index (χ0n) is 14.3. The number of hydrogen-bond donors (Lipinski definition) is 2. The van der Waals surface area contributed by atoms with Gasteiger partial charge in [0.15, 0.2) is 11.6 Å². The molecule has 2 aliphatic rings. The maximum absolute atomic E-state index is 13.5. The zero-order valence-corrected chi connectivity index (χ0v) is 14.3. The summed E-state index contributed by atoms with van der Waals surface area (Å²) in [5, 5.41) is 3.02. The van der Waals surface area contributed by atoms with Crippen molar-refractivity contribution in [2.75, 3.05) is 0 Å². The molecule has 24 heavy (non-hydrogen) atoms. The van der Waals surface area contributed by atoms with Crippen molar-refractivity contribution in [3.63, 3.8) is 0 Å². The monoisotopic (exact) mass is 336 g/mol. The van der Waals surface area contributed by atoms with Crippen molar-refractivity contribution in [2.24, 2.45) is 23.5 Å². The van der Waals surface area contributed by atoms with Crippen molar-refractivity contribution in [3.8, 4) is 0 Å². The molecule has 1 aromatic carbocycles. The van der Waals surface area contributed by atoms with Crippen LogP contribution in [0.4, 0.5) is 8.78 Å². The van der Waals surface area contributed by atoms with Crippen LogP contribution in [0.5, 0.6) is 0 Å². The molecule has 2 saturated carbocycles. The maximum atomic E-state index is 13.5. The maximum Gasteiger partial charge on any atom is 0.223 e. The fraction of sp³-hybridized carbons (Fsp3) is 0.632. The SMILES string of the molecule is CC(C)(NC(=O)C1CC2CCCC(C1)C2N)c1ccc(F)c(F)c1. The lowest BCUT2D eigenvalue weighted by molar-refractivity contribution is -0.129. The van der Waals surface area contributed by atoms with Crippen molar-refractivity contribution < 1.29 is 13.6 Å². The van der Waals surface area contributed by atoms with Crippen molar-refractivity contribution in [3.05, 3.63) is 35.4 Å². The fourth-order valence-corrected chi connectivity index (χ4v) is 4.37. The fourth-order valence-electron chi connectivity index (χ4n) is 4.37. The first-order valence-corrected chi connectivity index (χ1v) is 8.81. The summed E-state index contributed by atoms with van der Waals surface area (Å²) in [6.07, 6.45) is 5.08. The molecule has 2 bridgehead atoms. The third-order valence-corrected chi connectivity index (χ3v) is 5.86. The molecule has 0 spiro atoms. The van der Waals surface area contributed by atoms with Crippen LogP contribution in [0.25, 0.3) is 0 Å². The molecular formula is C19H26F2N2O. The van der Waals surface area contributed by atoms with Gasteiger partial charge in [-0.15, -0.1) is 0 Å². The van der Waals surface area contributed by atoms with E-state index in [1.807, 2.05) is 13.8 Å². The van der Waals surface area contributed by atoms with Crippen LogP contribution in [0.1, 0.15) is 51.5 Å². The molecule has 2 atom stereocenters. The van der Waals surface area contributed by atoms with Crippen LogP contribution in [-0.4, -0.2) is 11.9 Å². The largest absolute Gasteiger partial charge is 0.347 e. The Hall–Kier alpha value is -1.49. The van der Waals surface area contributed by atoms with Gasteiger partial charge in [-0.05, 0) is 69.1 Å². The molecule has 3 N–H and O–H groups in total. The zero-order chi connectivity index (χ0) is 17.5. The van der Waals surface area contributed by atoms with Gasteiger partial charge in [0.05, 0.1) is 5.54 Å². The molecule has 0 saturated heterocycles. The minimum Gasteiger partial charge on any atom is -0.347 e. The predicted octanol–water partition coefficient (Wildman–Crippen LogP) is 3.47. The van der Waals surface area contributed by atoms with Crippen LogP contribution in [-0.2, 0) is 10.3 Å². The first kappa shape index (κ1) is 17.3. The number of carbonyl (C=O) groups excluding carboxylic acids is 1. The van der Waals surface area contributed by atoms with E-state index in [2.05, 4.69) is 5.32 Å². The lowest BCUT2D eigenvalue weighted by Gasteiger charge is -2.44. The number of fused-ring (bicyclic) bond motifs is 2. The average Bonchev–Trinajstić information content (AvgIpc) is 2.49. The standard InChI is InChI=1S/C19H26F2N2O/c1-19(2,14-6-7-15(20)16(21)10-14)23-18(24)13-8-11-4-3-5-12(9-13)17(11)22/h6-7,10-13,17H,3-5,8-9,22H2,1-2H3,(H,23,24). The lowest BCUT2D eigenvalue weighted by atomic mass is 9.65. The number of hydrogen-bond acceptors (Lipinski definition) is 2. The molecule has 0 aromatic heterocycles. The number of amides is 1. The highest BCUT2D eigenvalue weighted by molar-refractivity contribution is 5.79. The first-order valence-electron chi connectivity index (χ1n) is 8.81. The molecule has 1 amide bonds. The summed E-state index contributed by atoms with van der Waals surface area (Å²) in [6.45, 7) is 3.62. The van der Waals surface area contributed by atoms with Gasteiger partial charge in [-0.1, -0.05) is 12.5 Å². The van der Waals surface area contributed by atoms with E-state index < -0.39 is 17.2 Å². The van der Waals surface area contributed by atoms with Crippen molar-refractivity contribution in [1.82, 2.24) is 5.32 Å². The van der Waals surface area contributed by atoms with Gasteiger partial charge in [-0.25, -0.2) is 8.78 Å². The molecule has 5 heteroatoms. The number of rotatable bonds is 3. The second-order valence-corrected chi connectivity index (χ2v) is 7.94. The molecule has 132 valence electrons. The van der Waals surface area contributed by atoms with Gasteiger partial charge in [-0.2, -0.15) is 0 Å². The van der Waals surface area contributed by atoms with Crippen LogP contribution >= 0.6 is 0 Å². The normalized spacial score (nSPS) is 30.0. The third kappa shape index (κ3) is 3.32. The highest BCUT2D eigenvalue weighted by Gasteiger charge is 2.41. The van der Waals surface area contributed by atoms with Crippen LogP contribution < -0.4 is 11.1 Å². The molecular weight excluding hydrogens is 310 g/mol. The number of benzene rings is 1. The first-order chi connectivity index (χ1) is 11.3. The predicted molar refractivity (Wildman–Crippen MR) is 89.1 cm³/mol. The van der Waals surface area contributed by atoms with E-state index in [0.29, 0.717) is 17.4 Å². The Morgan fingerprint density at radius 3 is 2.38 bits per heavy atom. The highest BCUT2D eigenvalue weighted by Crippen LogP contribution is 2.42. The number of carbonyl (C=O) groups is 1. The van der Waals surface area contributed by atoms with E-state index in [4.69, 9.17) is 5.73 Å². The Balaban J connectivity index is 1.70. The number of halogens is 2. The van der Waals surface area contributed by atoms with Crippen LogP contribution in [0.3, 0.4) is 0 Å². The van der Waals surface area contributed by atoms with Gasteiger partial charge in [0.2, 0.25) is 5.91 Å². The van der Waals surface area contributed by atoms with E-state index in [-0.39, 0.29) is 17.9 Å². The molecule has 0 aliphatic heterocycles. The summed E-state index contributed by atoms with van der Waals surface area (Å²) >= 11 is 0. The van der Waals surface area contributed by atoms with Crippen molar-refractivity contribution >= 4 is 5.91 Å². The second-order valence-electron chi connectivity index (χ2n) is 7.94. The highest BCUT2D eigenvalue weighted by atomic mass is 19.2. The summed E-state index contributed by atoms with van der Waals surface area (Å²) in [6, 6.07) is 4.00. The Kier molecular flexibility index (Phi) is 4.65. The molecule has 2 unspecified atom stereocenters. The molecule has 2 fully saturated rings. The quantitative estimate of drug-likeness (QED) is 0.888. The van der Waals surface area contributed by atoms with Gasteiger partial charge in [0.1, 0.15) is 0 Å². The van der Waals surface area contributed by atoms with Crippen molar-refractivity contribution in [2.45, 2.75) is 57.5 Å². The summed E-state index contributed by atoms with van der Waals surface area (Å²) in [5.41, 5.74) is 6.09. The minimum absolute atomic E-state index is 0.00599. The summed E-state index contributed by atoms with van der Waals surface area (Å²) < 4.78 is 26.6. The molecule has 2 aliphatic carbocycles. The van der Waals surface area contributed by atoms with Gasteiger partial charge in [0, 0.05) is 12.0 Å². The summed E-state index contributed by atoms with van der Waals surface area (Å²) in [7, 11) is 0.